The zero-order valence-corrected chi connectivity index (χ0v) is 11.9. The van der Waals surface area contributed by atoms with Gasteiger partial charge in [-0.1, -0.05) is 30.6 Å². The Morgan fingerprint density at radius 2 is 1.84 bits per heavy atom. The van der Waals surface area contributed by atoms with Gasteiger partial charge in [0.15, 0.2) is 0 Å². The van der Waals surface area contributed by atoms with E-state index in [1.165, 1.54) is 0 Å². The number of nitrogens with zero attached hydrogens (tertiary/aromatic N) is 2. The molecule has 0 aliphatic rings. The van der Waals surface area contributed by atoms with Gasteiger partial charge in [-0.05, 0) is 19.3 Å². The third-order valence-electron chi connectivity index (χ3n) is 2.60. The molecule has 112 valence electrons. The highest BCUT2D eigenvalue weighted by molar-refractivity contribution is 5.85. The van der Waals surface area contributed by atoms with Crippen LogP contribution in [0.25, 0.3) is 0 Å². The summed E-state index contributed by atoms with van der Waals surface area (Å²) >= 11 is 0. The van der Waals surface area contributed by atoms with Crippen LogP contribution in [-0.4, -0.2) is 48.1 Å². The lowest BCUT2D eigenvalue weighted by molar-refractivity contribution is 0.0529. The van der Waals surface area contributed by atoms with Gasteiger partial charge in [-0.15, -0.1) is 0 Å². The van der Waals surface area contributed by atoms with Crippen molar-refractivity contribution in [3.8, 4) is 0 Å². The van der Waals surface area contributed by atoms with Crippen LogP contribution in [0.4, 0.5) is 0 Å². The largest absolute Gasteiger partial charge is 0.411 e. The number of hydroxylamine groups is 1. The van der Waals surface area contributed by atoms with Gasteiger partial charge < -0.3 is 20.6 Å². The zero-order valence-electron chi connectivity index (χ0n) is 11.9. The highest BCUT2D eigenvalue weighted by Gasteiger charge is 2.00. The van der Waals surface area contributed by atoms with E-state index in [1.54, 1.807) is 0 Å². The van der Waals surface area contributed by atoms with Gasteiger partial charge in [0, 0.05) is 13.1 Å². The fourth-order valence-corrected chi connectivity index (χ4v) is 1.35. The molecule has 0 saturated carbocycles. The maximum Gasteiger partial charge on any atom is 0.0807 e. The first kappa shape index (κ1) is 17.8. The Labute approximate surface area is 114 Å². The molecule has 0 spiro atoms. The summed E-state index contributed by atoms with van der Waals surface area (Å²) < 4.78 is 0. The molecular weight excluding hydrogens is 248 g/mol. The summed E-state index contributed by atoms with van der Waals surface area (Å²) in [5.74, 6) is 0. The van der Waals surface area contributed by atoms with E-state index < -0.39 is 0 Å². The van der Waals surface area contributed by atoms with E-state index in [4.69, 9.17) is 15.3 Å². The predicted octanol–water partition coefficient (Wildman–Crippen LogP) is 1.36. The predicted molar refractivity (Wildman–Crippen MR) is 75.1 cm³/mol. The minimum atomic E-state index is 0.425. The highest BCUT2D eigenvalue weighted by atomic mass is 16.6. The molecule has 0 aromatic rings. The van der Waals surface area contributed by atoms with E-state index in [0.717, 1.165) is 25.7 Å². The Bertz CT molecular complexity index is 270. The van der Waals surface area contributed by atoms with Crippen LogP contribution in [0.15, 0.2) is 10.3 Å². The van der Waals surface area contributed by atoms with Crippen LogP contribution in [0, 0.1) is 0 Å². The van der Waals surface area contributed by atoms with Crippen LogP contribution in [-0.2, 0) is 4.84 Å². The van der Waals surface area contributed by atoms with Gasteiger partial charge in [-0.3, -0.25) is 0 Å². The summed E-state index contributed by atoms with van der Waals surface area (Å²) in [7, 11) is 0. The molecule has 7 nitrogen and oxygen atoms in total. The molecule has 0 aliphatic heterocycles. The molecule has 4 N–H and O–H groups in total. The maximum atomic E-state index is 8.75. The van der Waals surface area contributed by atoms with Crippen molar-refractivity contribution in [2.45, 2.75) is 39.5 Å². The van der Waals surface area contributed by atoms with E-state index in [-0.39, 0.29) is 0 Å². The first-order valence-electron chi connectivity index (χ1n) is 6.73. The highest BCUT2D eigenvalue weighted by Crippen LogP contribution is 1.96. The van der Waals surface area contributed by atoms with Crippen LogP contribution in [0.2, 0.25) is 0 Å². The number of rotatable bonds is 12. The average Bonchev–Trinajstić information content (AvgIpc) is 2.45. The zero-order chi connectivity index (χ0) is 14.3. The second-order valence-corrected chi connectivity index (χ2v) is 4.14. The molecule has 0 aliphatic carbocycles. The van der Waals surface area contributed by atoms with Gasteiger partial charge in [0.2, 0.25) is 0 Å². The quantitative estimate of drug-likeness (QED) is 0.186. The first-order chi connectivity index (χ1) is 9.28. The molecule has 0 amide bonds. The minimum absolute atomic E-state index is 0.425. The molecule has 0 aromatic heterocycles. The molecule has 0 fully saturated rings. The lowest BCUT2D eigenvalue weighted by atomic mass is 10.2. The lowest BCUT2D eigenvalue weighted by Crippen LogP contribution is -2.30. The van der Waals surface area contributed by atoms with E-state index in [9.17, 15) is 0 Å². The molecule has 0 bridgehead atoms. The number of unbranched alkanes of at least 4 members (excludes halogenated alkanes) is 1. The summed E-state index contributed by atoms with van der Waals surface area (Å²) in [5.41, 5.74) is 4.15. The standard InChI is InChI=1S/C12H26N4O3/c1-3-5-6-12(16-18)10-14-19-8-7-13-9-11(4-2)15-17/h13-14,17-18H,3-10H2,1-2H3. The van der Waals surface area contributed by atoms with Gasteiger partial charge in [0.1, 0.15) is 0 Å². The Morgan fingerprint density at radius 3 is 2.42 bits per heavy atom. The number of oxime groups is 2. The molecular formula is C12H26N4O3. The Morgan fingerprint density at radius 1 is 1.11 bits per heavy atom. The average molecular weight is 274 g/mol. The lowest BCUT2D eigenvalue weighted by Gasteiger charge is -2.08. The van der Waals surface area contributed by atoms with Crippen molar-refractivity contribution in [2.75, 3.05) is 26.2 Å². The third-order valence-corrected chi connectivity index (χ3v) is 2.60. The summed E-state index contributed by atoms with van der Waals surface area (Å²) in [6.45, 7) is 6.12. The van der Waals surface area contributed by atoms with Crippen molar-refractivity contribution in [3.63, 3.8) is 0 Å². The minimum Gasteiger partial charge on any atom is -0.411 e. The van der Waals surface area contributed by atoms with Gasteiger partial charge >= 0.3 is 0 Å². The van der Waals surface area contributed by atoms with Crippen molar-refractivity contribution < 1.29 is 15.3 Å². The SMILES string of the molecule is CCCCC(CNOCCNCC(CC)=NO)=NO. The van der Waals surface area contributed by atoms with E-state index >= 15 is 0 Å². The van der Waals surface area contributed by atoms with Crippen molar-refractivity contribution in [3.05, 3.63) is 0 Å². The number of nitrogens with one attached hydrogen (secondary N) is 2. The molecule has 0 unspecified atom stereocenters. The van der Waals surface area contributed by atoms with Gasteiger partial charge in [-0.2, -0.15) is 5.48 Å². The van der Waals surface area contributed by atoms with Crippen LogP contribution >= 0.6 is 0 Å². The van der Waals surface area contributed by atoms with E-state index in [0.29, 0.717) is 37.7 Å². The second-order valence-electron chi connectivity index (χ2n) is 4.14. The smallest absolute Gasteiger partial charge is 0.0807 e. The van der Waals surface area contributed by atoms with Crippen LogP contribution in [0.5, 0.6) is 0 Å². The second kappa shape index (κ2) is 13.3. The van der Waals surface area contributed by atoms with Gasteiger partial charge in [0.05, 0.1) is 24.6 Å². The number of hydrogen-bond acceptors (Lipinski definition) is 7. The fourth-order valence-electron chi connectivity index (χ4n) is 1.35. The topological polar surface area (TPSA) is 98.5 Å². The van der Waals surface area contributed by atoms with Crippen LogP contribution in [0.3, 0.4) is 0 Å². The fraction of sp³-hybridized carbons (Fsp3) is 0.833. The third kappa shape index (κ3) is 10.4. The molecule has 19 heavy (non-hydrogen) atoms. The summed E-state index contributed by atoms with van der Waals surface area (Å²) in [6, 6.07) is 0. The van der Waals surface area contributed by atoms with Gasteiger partial charge in [-0.25, -0.2) is 0 Å². The van der Waals surface area contributed by atoms with Gasteiger partial charge in [0.25, 0.3) is 0 Å². The van der Waals surface area contributed by atoms with Crippen molar-refractivity contribution >= 4 is 11.4 Å². The molecule has 0 heterocycles. The molecule has 0 atom stereocenters. The summed E-state index contributed by atoms with van der Waals surface area (Å²) in [4.78, 5) is 5.19. The molecule has 0 aromatic carbocycles. The Kier molecular flexibility index (Phi) is 12.4. The van der Waals surface area contributed by atoms with Crippen molar-refractivity contribution in [1.82, 2.24) is 10.8 Å². The first-order valence-corrected chi connectivity index (χ1v) is 6.73. The molecule has 0 radical (unpaired) electrons. The molecule has 7 heteroatoms. The summed E-state index contributed by atoms with van der Waals surface area (Å²) in [6.07, 6.45) is 3.56. The maximum absolute atomic E-state index is 8.75. The van der Waals surface area contributed by atoms with E-state index in [1.807, 2.05) is 6.92 Å². The normalized spacial score (nSPS) is 12.9. The van der Waals surface area contributed by atoms with Crippen molar-refractivity contribution in [1.29, 1.82) is 0 Å². The monoisotopic (exact) mass is 274 g/mol. The Balaban J connectivity index is 3.44. The molecule has 0 rings (SSSR count). The number of hydrogen-bond donors (Lipinski definition) is 4. The van der Waals surface area contributed by atoms with Crippen molar-refractivity contribution in [2.24, 2.45) is 10.3 Å². The van der Waals surface area contributed by atoms with E-state index in [2.05, 4.69) is 28.0 Å². The Hall–Kier alpha value is -1.18. The molecule has 0 saturated heterocycles. The van der Waals surface area contributed by atoms with Crippen LogP contribution < -0.4 is 10.8 Å². The van der Waals surface area contributed by atoms with Crippen LogP contribution in [0.1, 0.15) is 39.5 Å². The summed E-state index contributed by atoms with van der Waals surface area (Å²) in [5, 5.41) is 26.8.